The predicted molar refractivity (Wildman–Crippen MR) is 82.5 cm³/mol. The van der Waals surface area contributed by atoms with Crippen LogP contribution < -0.4 is 5.32 Å². The lowest BCUT2D eigenvalue weighted by Gasteiger charge is -2.40. The molecule has 0 saturated heterocycles. The smallest absolute Gasteiger partial charge is 0.0589 e. The highest BCUT2D eigenvalue weighted by molar-refractivity contribution is 4.86. The highest BCUT2D eigenvalue weighted by Gasteiger charge is 2.31. The van der Waals surface area contributed by atoms with E-state index in [1.54, 1.807) is 7.11 Å². The zero-order valence-electron chi connectivity index (χ0n) is 13.6. The normalized spacial score (nSPS) is 28.3. The Morgan fingerprint density at radius 3 is 2.58 bits per heavy atom. The summed E-state index contributed by atoms with van der Waals surface area (Å²) < 4.78 is 5.22. The van der Waals surface area contributed by atoms with Crippen LogP contribution in [0.5, 0.6) is 0 Å². The van der Waals surface area contributed by atoms with Crippen LogP contribution in [-0.2, 0) is 4.74 Å². The van der Waals surface area contributed by atoms with Crippen molar-refractivity contribution in [2.45, 2.75) is 46.1 Å². The molecule has 1 aliphatic carbocycles. The van der Waals surface area contributed by atoms with E-state index in [1.807, 2.05) is 0 Å². The summed E-state index contributed by atoms with van der Waals surface area (Å²) in [5.41, 5.74) is 0. The maximum absolute atomic E-state index is 5.22. The van der Waals surface area contributed by atoms with Crippen molar-refractivity contribution in [2.75, 3.05) is 40.4 Å². The Labute approximate surface area is 120 Å². The lowest BCUT2D eigenvalue weighted by Crippen LogP contribution is -2.45. The molecule has 3 heteroatoms. The standard InChI is InChI=1S/C16H34N2O/c1-6-18(9-10-19-5)12-15-11-14(13(2)3)7-8-16(15)17-4/h13-17H,6-12H2,1-5H3. The zero-order valence-corrected chi connectivity index (χ0v) is 13.6. The molecule has 3 unspecified atom stereocenters. The first-order valence-corrected chi connectivity index (χ1v) is 8.00. The molecule has 0 bridgehead atoms. The monoisotopic (exact) mass is 270 g/mol. The van der Waals surface area contributed by atoms with Crippen molar-refractivity contribution in [2.24, 2.45) is 17.8 Å². The van der Waals surface area contributed by atoms with Gasteiger partial charge in [0, 0.05) is 26.2 Å². The Morgan fingerprint density at radius 1 is 1.32 bits per heavy atom. The summed E-state index contributed by atoms with van der Waals surface area (Å²) in [5, 5.41) is 3.54. The zero-order chi connectivity index (χ0) is 14.3. The van der Waals surface area contributed by atoms with Gasteiger partial charge in [-0.1, -0.05) is 20.8 Å². The summed E-state index contributed by atoms with van der Waals surface area (Å²) in [6.45, 7) is 11.3. The topological polar surface area (TPSA) is 24.5 Å². The molecule has 19 heavy (non-hydrogen) atoms. The number of hydrogen-bond acceptors (Lipinski definition) is 3. The predicted octanol–water partition coefficient (Wildman–Crippen LogP) is 2.62. The van der Waals surface area contributed by atoms with Crippen LogP contribution in [0.1, 0.15) is 40.0 Å². The van der Waals surface area contributed by atoms with E-state index >= 15 is 0 Å². The first-order valence-electron chi connectivity index (χ1n) is 8.00. The number of nitrogens with zero attached hydrogens (tertiary/aromatic N) is 1. The SMILES string of the molecule is CCN(CCOC)CC1CC(C(C)C)CCC1NC. The molecule has 0 amide bonds. The van der Waals surface area contributed by atoms with Gasteiger partial charge in [0.2, 0.25) is 0 Å². The molecule has 0 aromatic heterocycles. The van der Waals surface area contributed by atoms with Crippen molar-refractivity contribution in [3.8, 4) is 0 Å². The van der Waals surface area contributed by atoms with E-state index in [0.29, 0.717) is 6.04 Å². The van der Waals surface area contributed by atoms with E-state index < -0.39 is 0 Å². The highest BCUT2D eigenvalue weighted by Crippen LogP contribution is 2.34. The molecule has 0 aromatic carbocycles. The van der Waals surface area contributed by atoms with Crippen LogP contribution in [0.25, 0.3) is 0 Å². The fourth-order valence-electron chi connectivity index (χ4n) is 3.42. The van der Waals surface area contributed by atoms with Crippen LogP contribution in [0.15, 0.2) is 0 Å². The van der Waals surface area contributed by atoms with Crippen molar-refractivity contribution in [3.05, 3.63) is 0 Å². The van der Waals surface area contributed by atoms with Gasteiger partial charge in [0.15, 0.2) is 0 Å². The number of methoxy groups -OCH3 is 1. The van der Waals surface area contributed by atoms with Crippen LogP contribution in [0, 0.1) is 17.8 Å². The largest absolute Gasteiger partial charge is 0.383 e. The fourth-order valence-corrected chi connectivity index (χ4v) is 3.42. The average Bonchev–Trinajstić information content (AvgIpc) is 2.43. The Morgan fingerprint density at radius 2 is 2.05 bits per heavy atom. The van der Waals surface area contributed by atoms with Gasteiger partial charge in [-0.2, -0.15) is 0 Å². The molecule has 1 fully saturated rings. The van der Waals surface area contributed by atoms with Gasteiger partial charge in [-0.3, -0.25) is 0 Å². The summed E-state index contributed by atoms with van der Waals surface area (Å²) in [4.78, 5) is 2.54. The molecule has 1 rings (SSSR count). The second-order valence-corrected chi connectivity index (χ2v) is 6.36. The molecule has 3 atom stereocenters. The molecule has 0 heterocycles. The summed E-state index contributed by atoms with van der Waals surface area (Å²) in [5.74, 6) is 2.54. The lowest BCUT2D eigenvalue weighted by atomic mass is 9.73. The highest BCUT2D eigenvalue weighted by atomic mass is 16.5. The Hall–Kier alpha value is -0.120. The molecule has 1 saturated carbocycles. The third kappa shape index (κ3) is 5.41. The number of hydrogen-bond donors (Lipinski definition) is 1. The van der Waals surface area contributed by atoms with E-state index in [-0.39, 0.29) is 0 Å². The summed E-state index contributed by atoms with van der Waals surface area (Å²) in [6.07, 6.45) is 4.11. The Kier molecular flexibility index (Phi) is 7.96. The van der Waals surface area contributed by atoms with Gasteiger partial charge >= 0.3 is 0 Å². The molecule has 0 aliphatic heterocycles. The average molecular weight is 270 g/mol. The van der Waals surface area contributed by atoms with Crippen molar-refractivity contribution in [1.29, 1.82) is 0 Å². The van der Waals surface area contributed by atoms with E-state index in [9.17, 15) is 0 Å². The quantitative estimate of drug-likeness (QED) is 0.734. The number of likely N-dealkylation sites (N-methyl/N-ethyl adjacent to an activating group) is 1. The first kappa shape index (κ1) is 16.9. The number of nitrogens with one attached hydrogen (secondary N) is 1. The van der Waals surface area contributed by atoms with Crippen LogP contribution in [-0.4, -0.2) is 51.3 Å². The maximum atomic E-state index is 5.22. The molecule has 0 radical (unpaired) electrons. The molecule has 1 aliphatic rings. The summed E-state index contributed by atoms with van der Waals surface area (Å²) in [6, 6.07) is 0.701. The van der Waals surface area contributed by atoms with Gasteiger partial charge in [-0.25, -0.2) is 0 Å². The molecule has 0 aromatic rings. The van der Waals surface area contributed by atoms with E-state index in [4.69, 9.17) is 4.74 Å². The van der Waals surface area contributed by atoms with Gasteiger partial charge < -0.3 is 15.0 Å². The van der Waals surface area contributed by atoms with Crippen LogP contribution in [0.4, 0.5) is 0 Å². The van der Waals surface area contributed by atoms with E-state index in [1.165, 1.54) is 25.8 Å². The van der Waals surface area contributed by atoms with Gasteiger partial charge in [0.1, 0.15) is 0 Å². The second-order valence-electron chi connectivity index (χ2n) is 6.36. The van der Waals surface area contributed by atoms with Gasteiger partial charge in [0.05, 0.1) is 6.61 Å². The van der Waals surface area contributed by atoms with Crippen molar-refractivity contribution in [1.82, 2.24) is 10.2 Å². The van der Waals surface area contributed by atoms with Gasteiger partial charge in [0.25, 0.3) is 0 Å². The third-order valence-electron chi connectivity index (χ3n) is 4.89. The van der Waals surface area contributed by atoms with Crippen LogP contribution in [0.3, 0.4) is 0 Å². The molecule has 3 nitrogen and oxygen atoms in total. The Bertz CT molecular complexity index is 233. The van der Waals surface area contributed by atoms with E-state index in [2.05, 4.69) is 38.0 Å². The van der Waals surface area contributed by atoms with Crippen LogP contribution in [0.2, 0.25) is 0 Å². The minimum Gasteiger partial charge on any atom is -0.383 e. The minimum atomic E-state index is 0.701. The fraction of sp³-hybridized carbons (Fsp3) is 1.00. The molecular weight excluding hydrogens is 236 g/mol. The molecule has 1 N–H and O–H groups in total. The summed E-state index contributed by atoms with van der Waals surface area (Å²) >= 11 is 0. The minimum absolute atomic E-state index is 0.701. The Balaban J connectivity index is 2.53. The van der Waals surface area contributed by atoms with Crippen molar-refractivity contribution in [3.63, 3.8) is 0 Å². The molecular formula is C16H34N2O. The van der Waals surface area contributed by atoms with Crippen molar-refractivity contribution < 1.29 is 4.74 Å². The lowest BCUT2D eigenvalue weighted by molar-refractivity contribution is 0.102. The maximum Gasteiger partial charge on any atom is 0.0589 e. The number of rotatable bonds is 8. The molecule has 0 spiro atoms. The van der Waals surface area contributed by atoms with Crippen LogP contribution >= 0.6 is 0 Å². The van der Waals surface area contributed by atoms with Gasteiger partial charge in [-0.15, -0.1) is 0 Å². The van der Waals surface area contributed by atoms with E-state index in [0.717, 1.165) is 37.5 Å². The summed E-state index contributed by atoms with van der Waals surface area (Å²) in [7, 11) is 3.92. The first-order chi connectivity index (χ1) is 9.12. The second kappa shape index (κ2) is 8.93. The third-order valence-corrected chi connectivity index (χ3v) is 4.89. The van der Waals surface area contributed by atoms with Gasteiger partial charge in [-0.05, 0) is 50.6 Å². The van der Waals surface area contributed by atoms with Crippen molar-refractivity contribution >= 4 is 0 Å². The molecule has 114 valence electrons. The number of ether oxygens (including phenoxy) is 1.